The summed E-state index contributed by atoms with van der Waals surface area (Å²) in [7, 11) is 4.40. The van der Waals surface area contributed by atoms with E-state index in [4.69, 9.17) is 9.97 Å². The molecule has 26 heavy (non-hydrogen) atoms. The van der Waals surface area contributed by atoms with Gasteiger partial charge < -0.3 is 15.1 Å². The van der Waals surface area contributed by atoms with E-state index in [9.17, 15) is 0 Å². The zero-order valence-electron chi connectivity index (χ0n) is 16.5. The molecule has 1 aliphatic heterocycles. The van der Waals surface area contributed by atoms with Gasteiger partial charge in [0.25, 0.3) is 0 Å². The number of hydrogen-bond donors (Lipinski definition) is 3. The molecule has 5 nitrogen and oxygen atoms in total. The lowest BCUT2D eigenvalue weighted by Gasteiger charge is -2.26. The van der Waals surface area contributed by atoms with E-state index in [1.54, 1.807) is 9.78 Å². The van der Waals surface area contributed by atoms with E-state index in [1.807, 2.05) is 11.3 Å². The minimum absolute atomic E-state index is 0.883. The van der Waals surface area contributed by atoms with Crippen molar-refractivity contribution in [3.63, 3.8) is 0 Å². The third-order valence-electron chi connectivity index (χ3n) is 5.92. The maximum absolute atomic E-state index is 5.01. The molecule has 0 atom stereocenters. The number of thiophene rings is 1. The van der Waals surface area contributed by atoms with Crippen molar-refractivity contribution in [1.82, 2.24) is 9.97 Å². The van der Waals surface area contributed by atoms with Gasteiger partial charge in [0.2, 0.25) is 0 Å². The molecule has 0 unspecified atom stereocenters. The summed E-state index contributed by atoms with van der Waals surface area (Å²) in [6.07, 6.45) is 6.38. The number of quaternary nitrogens is 2. The second-order valence-electron chi connectivity index (χ2n) is 8.52. The van der Waals surface area contributed by atoms with Gasteiger partial charge in [-0.1, -0.05) is 6.92 Å². The van der Waals surface area contributed by atoms with Crippen LogP contribution in [0.3, 0.4) is 0 Å². The molecule has 0 bridgehead atoms. The molecule has 142 valence electrons. The average Bonchev–Trinajstić information content (AvgIpc) is 3.17. The largest absolute Gasteiger partial charge is 0.364 e. The van der Waals surface area contributed by atoms with Crippen LogP contribution in [0.1, 0.15) is 42.5 Å². The van der Waals surface area contributed by atoms with E-state index in [1.165, 1.54) is 65.9 Å². The number of likely N-dealkylation sites (N-methyl/N-ethyl adjacent to an activating group) is 1. The Hall–Kier alpha value is -1.24. The van der Waals surface area contributed by atoms with Crippen molar-refractivity contribution >= 4 is 27.4 Å². The molecule has 0 amide bonds. The van der Waals surface area contributed by atoms with E-state index in [0.29, 0.717) is 0 Å². The van der Waals surface area contributed by atoms with Crippen LogP contribution in [0, 0.1) is 5.92 Å². The predicted molar refractivity (Wildman–Crippen MR) is 108 cm³/mol. The molecule has 1 saturated heterocycles. The molecule has 2 aromatic rings. The summed E-state index contributed by atoms with van der Waals surface area (Å²) in [5.74, 6) is 3.00. The number of aromatic nitrogens is 2. The third kappa shape index (κ3) is 3.87. The van der Waals surface area contributed by atoms with Gasteiger partial charge in [-0.3, -0.25) is 0 Å². The number of aryl methyl sites for hydroxylation is 2. The summed E-state index contributed by atoms with van der Waals surface area (Å²) in [6.45, 7) is 7.93. The van der Waals surface area contributed by atoms with Crippen molar-refractivity contribution in [2.45, 2.75) is 45.6 Å². The van der Waals surface area contributed by atoms with Gasteiger partial charge in [0.1, 0.15) is 17.2 Å². The summed E-state index contributed by atoms with van der Waals surface area (Å²) in [5.41, 5.74) is 1.52. The molecule has 0 saturated carbocycles. The van der Waals surface area contributed by atoms with Crippen molar-refractivity contribution in [3.8, 4) is 0 Å². The highest BCUT2D eigenvalue weighted by Crippen LogP contribution is 2.39. The van der Waals surface area contributed by atoms with Crippen LogP contribution in [0.5, 0.6) is 0 Å². The molecular weight excluding hydrogens is 342 g/mol. The first kappa shape index (κ1) is 18.1. The van der Waals surface area contributed by atoms with Crippen molar-refractivity contribution in [1.29, 1.82) is 0 Å². The first-order chi connectivity index (χ1) is 12.6. The first-order valence-electron chi connectivity index (χ1n) is 10.3. The number of nitrogens with one attached hydrogen (secondary N) is 3. The number of fused-ring (bicyclic) bond motifs is 3. The quantitative estimate of drug-likeness (QED) is 0.691. The number of hydrogen-bond acceptors (Lipinski definition) is 4. The molecule has 1 fully saturated rings. The van der Waals surface area contributed by atoms with E-state index in [-0.39, 0.29) is 0 Å². The van der Waals surface area contributed by atoms with E-state index in [0.717, 1.165) is 37.2 Å². The molecule has 0 radical (unpaired) electrons. The van der Waals surface area contributed by atoms with Crippen LogP contribution in [0.25, 0.3) is 10.2 Å². The summed E-state index contributed by atoms with van der Waals surface area (Å²) in [4.78, 5) is 15.9. The lowest BCUT2D eigenvalue weighted by atomic mass is 9.99. The molecule has 4 rings (SSSR count). The fourth-order valence-corrected chi connectivity index (χ4v) is 5.53. The van der Waals surface area contributed by atoms with Gasteiger partial charge in [0, 0.05) is 4.88 Å². The molecule has 1 aliphatic carbocycles. The van der Waals surface area contributed by atoms with Gasteiger partial charge in [-0.05, 0) is 43.6 Å². The highest BCUT2D eigenvalue weighted by atomic mass is 32.1. The summed E-state index contributed by atoms with van der Waals surface area (Å²) in [5, 5.41) is 4.97. The number of piperidine rings is 1. The summed E-state index contributed by atoms with van der Waals surface area (Å²) >= 11 is 1.91. The molecular formula is C20H33N5S+2. The van der Waals surface area contributed by atoms with Crippen LogP contribution in [-0.2, 0) is 19.4 Å². The molecule has 6 heteroatoms. The number of rotatable bonds is 6. The van der Waals surface area contributed by atoms with E-state index < -0.39 is 0 Å². The van der Waals surface area contributed by atoms with Crippen molar-refractivity contribution < 1.29 is 9.80 Å². The first-order valence-corrected chi connectivity index (χ1v) is 11.1. The Bertz CT molecular complexity index is 761. The Morgan fingerprint density at radius 3 is 2.77 bits per heavy atom. The van der Waals surface area contributed by atoms with Crippen LogP contribution in [0.15, 0.2) is 0 Å². The fourth-order valence-electron chi connectivity index (χ4n) is 4.25. The van der Waals surface area contributed by atoms with Crippen LogP contribution in [-0.4, -0.2) is 50.2 Å². The van der Waals surface area contributed by atoms with Gasteiger partial charge in [-0.25, -0.2) is 9.97 Å². The van der Waals surface area contributed by atoms with Crippen molar-refractivity contribution in [2.75, 3.05) is 45.6 Å². The van der Waals surface area contributed by atoms with Gasteiger partial charge in [0.05, 0.1) is 45.7 Å². The fraction of sp³-hybridized carbons (Fsp3) is 0.700. The Kier molecular flexibility index (Phi) is 5.43. The Morgan fingerprint density at radius 1 is 1.19 bits per heavy atom. The van der Waals surface area contributed by atoms with Crippen LogP contribution >= 0.6 is 11.3 Å². The van der Waals surface area contributed by atoms with Gasteiger partial charge in [-0.15, -0.1) is 11.3 Å². The van der Waals surface area contributed by atoms with Crippen LogP contribution in [0.2, 0.25) is 0 Å². The number of likely N-dealkylation sites (tertiary alicyclic amines) is 1. The van der Waals surface area contributed by atoms with E-state index >= 15 is 0 Å². The third-order valence-corrected chi connectivity index (χ3v) is 7.10. The monoisotopic (exact) mass is 375 g/mol. The van der Waals surface area contributed by atoms with Crippen LogP contribution in [0.4, 0.5) is 5.82 Å². The SMILES string of the molecule is CC1CC[NH+](Cc2nc(NCC[NH+](C)C)c3c4c(sc3n2)CCC4)CC1. The molecule has 2 aromatic heterocycles. The Labute approximate surface area is 160 Å². The van der Waals surface area contributed by atoms with Crippen LogP contribution < -0.4 is 15.1 Å². The average molecular weight is 376 g/mol. The smallest absolute Gasteiger partial charge is 0.187 e. The second kappa shape index (κ2) is 7.79. The molecule has 0 aromatic carbocycles. The van der Waals surface area contributed by atoms with Gasteiger partial charge >= 0.3 is 0 Å². The summed E-state index contributed by atoms with van der Waals surface area (Å²) in [6, 6.07) is 0. The minimum atomic E-state index is 0.883. The highest BCUT2D eigenvalue weighted by molar-refractivity contribution is 7.19. The Balaban J connectivity index is 1.60. The minimum Gasteiger partial charge on any atom is -0.364 e. The summed E-state index contributed by atoms with van der Waals surface area (Å²) < 4.78 is 0. The lowest BCUT2D eigenvalue weighted by Crippen LogP contribution is -3.11. The maximum atomic E-state index is 5.01. The Morgan fingerprint density at radius 2 is 2.00 bits per heavy atom. The number of nitrogens with zero attached hydrogens (tertiary/aromatic N) is 2. The topological polar surface area (TPSA) is 46.7 Å². The molecule has 2 aliphatic rings. The standard InChI is InChI=1S/C20H31N5S/c1-14-7-10-25(11-8-14)13-17-22-19(21-9-12-24(2)3)18-15-5-4-6-16(15)26-20(18)23-17/h14H,4-13H2,1-3H3,(H,21,22,23)/p+2. The van der Waals surface area contributed by atoms with Crippen molar-refractivity contribution in [3.05, 3.63) is 16.3 Å². The van der Waals surface area contributed by atoms with Gasteiger partial charge in [-0.2, -0.15) is 0 Å². The van der Waals surface area contributed by atoms with Gasteiger partial charge in [0.15, 0.2) is 5.82 Å². The van der Waals surface area contributed by atoms with Crippen molar-refractivity contribution in [2.24, 2.45) is 5.92 Å². The highest BCUT2D eigenvalue weighted by Gasteiger charge is 2.24. The lowest BCUT2D eigenvalue weighted by molar-refractivity contribution is -0.920. The molecule has 3 N–H and O–H groups in total. The normalized spacial score (nSPS) is 22.9. The molecule has 3 heterocycles. The zero-order valence-corrected chi connectivity index (χ0v) is 17.3. The van der Waals surface area contributed by atoms with E-state index in [2.05, 4.69) is 26.3 Å². The zero-order chi connectivity index (χ0) is 18.1. The molecule has 0 spiro atoms. The predicted octanol–water partition coefficient (Wildman–Crippen LogP) is 0.551. The maximum Gasteiger partial charge on any atom is 0.187 e. The number of anilines is 1. The second-order valence-corrected chi connectivity index (χ2v) is 9.60.